The molecular weight excluding hydrogens is 1630 g/mol. The number of aliphatic carboxylic acids is 1. The lowest BCUT2D eigenvalue weighted by atomic mass is 9.97. The highest BCUT2D eigenvalue weighted by Gasteiger charge is 2.42. The number of hydrogen-bond acceptors (Lipinski definition) is 31. The van der Waals surface area contributed by atoms with Crippen molar-refractivity contribution in [2.75, 3.05) is 66.2 Å². The molecule has 121 heavy (non-hydrogen) atoms. The number of halogens is 1. The maximum atomic E-state index is 15.1. The molecule has 1 unspecified atom stereocenters. The van der Waals surface area contributed by atoms with Crippen LogP contribution in [0, 0.1) is 16.2 Å². The quantitative estimate of drug-likeness (QED) is 0.00789. The number of carboxylic acid groups (broad SMARTS) is 1. The molecule has 0 aromatic carbocycles. The molecule has 0 radical (unpaired) electrons. The van der Waals surface area contributed by atoms with E-state index >= 15 is 14.4 Å². The summed E-state index contributed by atoms with van der Waals surface area (Å²) in [5, 5.41) is 82.7. The fourth-order valence-corrected chi connectivity index (χ4v) is 10.4. The molecule has 1 saturated heterocycles. The average Bonchev–Trinajstić information content (AvgIpc) is 0.839. The van der Waals surface area contributed by atoms with Crippen molar-refractivity contribution in [3.8, 4) is 0 Å². The molecule has 0 aliphatic carbocycles. The topological polar surface area (TPSA) is 656 Å². The van der Waals surface area contributed by atoms with Gasteiger partial charge < -0.3 is 133 Å². The van der Waals surface area contributed by atoms with E-state index in [4.69, 9.17) is 44.8 Å². The first kappa shape index (κ1) is 108. The van der Waals surface area contributed by atoms with E-state index in [9.17, 15) is 102 Å². The lowest BCUT2D eigenvalue weighted by Crippen LogP contribution is -2.62. The van der Waals surface area contributed by atoms with Gasteiger partial charge in [0.15, 0.2) is 12.1 Å². The monoisotopic (exact) mass is 1750 g/mol. The number of hydrogen-bond donors (Lipinski definition) is 18. The van der Waals surface area contributed by atoms with Crippen molar-refractivity contribution in [2.45, 2.75) is 265 Å². The summed E-state index contributed by atoms with van der Waals surface area (Å²) < 4.78 is 39.7. The van der Waals surface area contributed by atoms with Crippen molar-refractivity contribution in [2.24, 2.45) is 16.2 Å². The van der Waals surface area contributed by atoms with E-state index in [1.807, 2.05) is 16.0 Å². The number of alkyl halides is 1. The minimum atomic E-state index is -2.97. The Morgan fingerprint density at radius 1 is 0.512 bits per heavy atom. The second kappa shape index (κ2) is 55.9. The maximum Gasteiger partial charge on any atom is 0.410 e. The molecule has 0 aromatic rings. The molecule has 1 rings (SSSR count). The zero-order valence-electron chi connectivity index (χ0n) is 70.5. The molecule has 46 heteroatoms. The Morgan fingerprint density at radius 3 is 1.40 bits per heavy atom. The van der Waals surface area contributed by atoms with Crippen LogP contribution in [0.4, 0.5) is 14.4 Å². The molecule has 1 fully saturated rings. The number of unbranched alkanes of at least 4 members (excludes halogenated alkanes) is 9. The van der Waals surface area contributed by atoms with Gasteiger partial charge in [-0.15, -0.1) is 11.6 Å². The summed E-state index contributed by atoms with van der Waals surface area (Å²) in [4.78, 5) is 260. The highest BCUT2D eigenvalue weighted by atomic mass is 35.5. The molecule has 686 valence electrons. The Labute approximate surface area is 704 Å². The van der Waals surface area contributed by atoms with E-state index in [0.717, 1.165) is 72.0 Å². The molecule has 18 N–H and O–H groups in total. The first-order valence-corrected chi connectivity index (χ1v) is 39.8. The molecule has 0 saturated carbocycles. The van der Waals surface area contributed by atoms with Gasteiger partial charge in [0.1, 0.15) is 61.1 Å². The van der Waals surface area contributed by atoms with Crippen molar-refractivity contribution >= 4 is 125 Å². The number of amides is 13. The number of cyclic esters (lactones) is 1. The summed E-state index contributed by atoms with van der Waals surface area (Å²) in [7, 11) is 0.952. The summed E-state index contributed by atoms with van der Waals surface area (Å²) >= 11 is 5.97. The standard InChI is InChI=1S/C75H122ClN13O32/c1-14-16-17-18-19-20-21-22-23-26-42(91)33-51(94)81-48-37-115-66(107)54(49(92)35-76)88-64(104)55(56(96)65(105)106)89-57(97)43(15-2)82-63(103)53(41(3)90)87-60(100)46(29-32-79-72(113)121-40-118-69(110)75(10,11)12)84-58(98)44(27-24-25-30-77-70(111)119-38-116-67(108)73(4,5)6)83-61(101)47(34-50(93)80-36-52(95)114-13)86-59(99)45(85-62(48)102)28-31-78-71(112)120-39-117-68(109)74(7,8)9/h15,41-42,44-49,53-56,90-92,96H,14,16-40H2,1-13H3,(H,77,111)(H,78,112)(H,79,113)(H,80,93)(H,81,94)(H,82,103)(H,83,101)(H,84,98)(H,85,102)(H,86,99)(H,87,100)(H,88,104)(H,89,97)(H,105,106)/b43-15+/t41-,42-,44-,45+,46-,47-,48-,49+,53-,54-,55-,56?/m0/s1. The zero-order valence-corrected chi connectivity index (χ0v) is 71.3. The van der Waals surface area contributed by atoms with E-state index in [1.165, 1.54) is 62.3 Å². The third kappa shape index (κ3) is 44.4. The summed E-state index contributed by atoms with van der Waals surface area (Å²) in [6.45, 7) is 11.1. The van der Waals surface area contributed by atoms with Crippen molar-refractivity contribution < 1.29 is 155 Å². The van der Waals surface area contributed by atoms with Gasteiger partial charge in [-0.3, -0.25) is 67.1 Å². The van der Waals surface area contributed by atoms with E-state index < -0.39 is 292 Å². The van der Waals surface area contributed by atoms with Crippen LogP contribution in [-0.4, -0.2) is 278 Å². The lowest BCUT2D eigenvalue weighted by Gasteiger charge is -2.29. The number of esters is 5. The largest absolute Gasteiger partial charge is 0.479 e. The van der Waals surface area contributed by atoms with E-state index in [1.54, 1.807) is 0 Å². The number of rotatable bonds is 39. The van der Waals surface area contributed by atoms with Crippen LogP contribution < -0.4 is 69.1 Å². The third-order valence-electron chi connectivity index (χ3n) is 17.3. The number of aliphatic hydroxyl groups is 4. The second-order valence-corrected chi connectivity index (χ2v) is 31.2. The van der Waals surface area contributed by atoms with Gasteiger partial charge in [-0.25, -0.2) is 24.0 Å². The Hall–Kier alpha value is -10.8. The first-order chi connectivity index (χ1) is 56.6. The van der Waals surface area contributed by atoms with Crippen LogP contribution >= 0.6 is 11.6 Å². The summed E-state index contributed by atoms with van der Waals surface area (Å²) in [5.41, 5.74) is -4.03. The Morgan fingerprint density at radius 2 is 0.950 bits per heavy atom. The predicted octanol–water partition coefficient (Wildman–Crippen LogP) is -2.01. The van der Waals surface area contributed by atoms with Crippen molar-refractivity contribution in [1.82, 2.24) is 69.1 Å². The van der Waals surface area contributed by atoms with Crippen LogP contribution in [-0.2, 0) is 115 Å². The van der Waals surface area contributed by atoms with Crippen LogP contribution in [0.5, 0.6) is 0 Å². The van der Waals surface area contributed by atoms with Gasteiger partial charge in [-0.05, 0) is 115 Å². The number of aliphatic hydroxyl groups excluding tert-OH is 4. The predicted molar refractivity (Wildman–Crippen MR) is 420 cm³/mol. The molecule has 13 amide bonds. The van der Waals surface area contributed by atoms with Crippen LogP contribution in [0.15, 0.2) is 11.8 Å². The molecule has 1 aliphatic heterocycles. The number of carboxylic acids is 1. The SMILES string of the molecule is C/C=C1/NC(=O)[C@H]([C@H](C)O)NC(=O)[C@H](CCNC(=O)OCOC(=O)C(C)(C)C)NC(=O)[C@H](CCCCNC(=O)OCOC(=O)C(C)(C)C)NC(=O)[C@H](CC(=O)NCC(=O)OC)NC(=O)[C@@H](CCNC(=O)OCOC(=O)C(C)(C)C)NC(=O)[C@@H](NC(=O)C[C@@H](O)CCCCCCCCCCC)COC(=O)[C@H]([C@H](O)CCl)NC(=O)[C@H](C(O)C(=O)O)NC1=O. The Balaban J connectivity index is 4.61. The van der Waals surface area contributed by atoms with Gasteiger partial charge in [0.2, 0.25) is 73.5 Å². The number of carbonyl (C=O) groups excluding carboxylic acids is 18. The number of carbonyl (C=O) groups is 19. The van der Waals surface area contributed by atoms with E-state index in [2.05, 4.69) is 64.8 Å². The van der Waals surface area contributed by atoms with Gasteiger partial charge in [0.25, 0.3) is 5.91 Å². The van der Waals surface area contributed by atoms with Crippen molar-refractivity contribution in [1.29, 1.82) is 0 Å². The number of allylic oxidation sites excluding steroid dienone is 1. The Bertz CT molecular complexity index is 3530. The van der Waals surface area contributed by atoms with Gasteiger partial charge in [-0.1, -0.05) is 70.8 Å². The van der Waals surface area contributed by atoms with Crippen molar-refractivity contribution in [3.63, 3.8) is 0 Å². The smallest absolute Gasteiger partial charge is 0.410 e. The summed E-state index contributed by atoms with van der Waals surface area (Å²) in [6.07, 6.45) is -7.74. The molecule has 12 atom stereocenters. The van der Waals surface area contributed by atoms with Gasteiger partial charge >= 0.3 is 54.1 Å². The molecule has 1 heterocycles. The van der Waals surface area contributed by atoms with E-state index in [0.29, 0.717) is 12.8 Å². The van der Waals surface area contributed by atoms with Gasteiger partial charge in [0.05, 0.1) is 60.4 Å². The fraction of sp³-hybridized carbons (Fsp3) is 0.720. The molecule has 1 aliphatic rings. The summed E-state index contributed by atoms with van der Waals surface area (Å²) in [5.74, 6) is -22.9. The minimum absolute atomic E-state index is 0.0580. The van der Waals surface area contributed by atoms with Crippen molar-refractivity contribution in [3.05, 3.63) is 11.8 Å². The normalized spacial score (nSPS) is 20.4. The minimum Gasteiger partial charge on any atom is -0.479 e. The molecule has 0 spiro atoms. The highest BCUT2D eigenvalue weighted by molar-refractivity contribution is 6.18. The first-order valence-electron chi connectivity index (χ1n) is 39.3. The molecule has 0 bridgehead atoms. The van der Waals surface area contributed by atoms with Gasteiger partial charge in [-0.2, -0.15) is 0 Å². The molecule has 45 nitrogen and oxygen atoms in total. The second-order valence-electron chi connectivity index (χ2n) is 30.9. The van der Waals surface area contributed by atoms with Crippen LogP contribution in [0.2, 0.25) is 0 Å². The third-order valence-corrected chi connectivity index (χ3v) is 17.7. The van der Waals surface area contributed by atoms with Crippen LogP contribution in [0.3, 0.4) is 0 Å². The van der Waals surface area contributed by atoms with Crippen LogP contribution in [0.1, 0.15) is 192 Å². The summed E-state index contributed by atoms with van der Waals surface area (Å²) in [6, 6.07) is -18.1. The Kier molecular flexibility index (Phi) is 50.0. The fourth-order valence-electron chi connectivity index (χ4n) is 10.2. The lowest BCUT2D eigenvalue weighted by molar-refractivity contribution is -0.162. The van der Waals surface area contributed by atoms with E-state index in [-0.39, 0.29) is 25.8 Å². The number of alkyl carbamates (subject to hydrolysis) is 3. The molecule has 0 aromatic heterocycles. The average molecular weight is 1750 g/mol. The maximum absolute atomic E-state index is 15.1. The zero-order chi connectivity index (χ0) is 91.9. The van der Waals surface area contributed by atoms with Gasteiger partial charge in [0, 0.05) is 19.6 Å². The number of ether oxygens (including phenoxy) is 8. The molecular formula is C75H122ClN13O32. The number of methoxy groups -OCH3 is 1. The highest BCUT2D eigenvalue weighted by Crippen LogP contribution is 2.19. The van der Waals surface area contributed by atoms with Crippen LogP contribution in [0.25, 0.3) is 0 Å². The number of nitrogens with one attached hydrogen (secondary N) is 13.